The molecule has 1 saturated heterocycles. The molecule has 0 spiro atoms. The fraction of sp³-hybridized carbons (Fsp3) is 0.429. The lowest BCUT2D eigenvalue weighted by Crippen LogP contribution is -2.33. The summed E-state index contributed by atoms with van der Waals surface area (Å²) in [4.78, 5) is 5.27. The van der Waals surface area contributed by atoms with Gasteiger partial charge in [-0.15, -0.1) is 24.8 Å². The third kappa shape index (κ3) is 7.79. The first-order chi connectivity index (χ1) is 11.4. The molecule has 0 aromatic heterocycles. The van der Waals surface area contributed by atoms with E-state index in [4.69, 9.17) is 0 Å². The molecule has 138 valence electrons. The van der Waals surface area contributed by atoms with Crippen LogP contribution < -0.4 is 0 Å². The van der Waals surface area contributed by atoms with Crippen molar-refractivity contribution >= 4 is 24.8 Å². The van der Waals surface area contributed by atoms with E-state index in [1.165, 1.54) is 69.7 Å². The van der Waals surface area contributed by atoms with Crippen LogP contribution in [0.5, 0.6) is 0 Å². The van der Waals surface area contributed by atoms with Gasteiger partial charge in [0.1, 0.15) is 0 Å². The zero-order chi connectivity index (χ0) is 15.7. The Bertz CT molecular complexity index is 511. The molecule has 3 rings (SSSR count). The molecule has 2 aromatic carbocycles. The molecule has 0 aliphatic carbocycles. The molecule has 1 aliphatic heterocycles. The average molecular weight is 381 g/mol. The molecule has 0 amide bonds. The van der Waals surface area contributed by atoms with E-state index in [1.54, 1.807) is 0 Å². The molecule has 0 radical (unpaired) electrons. The van der Waals surface area contributed by atoms with Gasteiger partial charge < -0.3 is 9.80 Å². The van der Waals surface area contributed by atoms with E-state index >= 15 is 0 Å². The molecule has 4 heteroatoms. The van der Waals surface area contributed by atoms with Crippen molar-refractivity contribution in [3.05, 3.63) is 71.8 Å². The molecular weight excluding hydrogens is 351 g/mol. The summed E-state index contributed by atoms with van der Waals surface area (Å²) < 4.78 is 0. The zero-order valence-corrected chi connectivity index (χ0v) is 16.5. The molecule has 2 aromatic rings. The van der Waals surface area contributed by atoms with Gasteiger partial charge in [-0.05, 0) is 43.5 Å². The number of benzene rings is 2. The Hall–Kier alpha value is -1.06. The number of rotatable bonds is 6. The minimum absolute atomic E-state index is 0. The smallest absolute Gasteiger partial charge is 0.0109 e. The number of halogens is 2. The fourth-order valence-corrected chi connectivity index (χ4v) is 3.34. The second-order valence-electron chi connectivity index (χ2n) is 6.51. The Morgan fingerprint density at radius 3 is 1.36 bits per heavy atom. The predicted molar refractivity (Wildman–Crippen MR) is 112 cm³/mol. The van der Waals surface area contributed by atoms with Crippen LogP contribution in [0.1, 0.15) is 17.5 Å². The Morgan fingerprint density at radius 1 is 0.560 bits per heavy atom. The lowest BCUT2D eigenvalue weighted by molar-refractivity contribution is 0.260. The molecule has 0 saturated carbocycles. The maximum Gasteiger partial charge on any atom is 0.0109 e. The second kappa shape index (κ2) is 12.3. The van der Waals surface area contributed by atoms with Crippen LogP contribution in [0, 0.1) is 0 Å². The summed E-state index contributed by atoms with van der Waals surface area (Å²) >= 11 is 0. The van der Waals surface area contributed by atoms with E-state index in [9.17, 15) is 0 Å². The summed E-state index contributed by atoms with van der Waals surface area (Å²) in [6.45, 7) is 7.29. The van der Waals surface area contributed by atoms with E-state index < -0.39 is 0 Å². The molecule has 1 fully saturated rings. The Labute approximate surface area is 165 Å². The lowest BCUT2D eigenvalue weighted by Gasteiger charge is -2.21. The summed E-state index contributed by atoms with van der Waals surface area (Å²) in [7, 11) is 0. The van der Waals surface area contributed by atoms with Gasteiger partial charge in [0, 0.05) is 26.2 Å². The Balaban J connectivity index is 0.00000156. The van der Waals surface area contributed by atoms with Crippen LogP contribution >= 0.6 is 24.8 Å². The van der Waals surface area contributed by atoms with E-state index in [2.05, 4.69) is 70.5 Å². The van der Waals surface area contributed by atoms with Gasteiger partial charge in [0.2, 0.25) is 0 Å². The molecule has 0 unspecified atom stereocenters. The van der Waals surface area contributed by atoms with Crippen molar-refractivity contribution in [1.82, 2.24) is 9.80 Å². The van der Waals surface area contributed by atoms with Crippen LogP contribution in [0.4, 0.5) is 0 Å². The van der Waals surface area contributed by atoms with Crippen molar-refractivity contribution < 1.29 is 0 Å². The molecule has 0 atom stereocenters. The van der Waals surface area contributed by atoms with Crippen molar-refractivity contribution in [2.45, 2.75) is 19.3 Å². The maximum atomic E-state index is 2.63. The minimum atomic E-state index is 0. The van der Waals surface area contributed by atoms with E-state index in [-0.39, 0.29) is 24.8 Å². The molecule has 0 bridgehead atoms. The van der Waals surface area contributed by atoms with Crippen LogP contribution in [0.3, 0.4) is 0 Å². The minimum Gasteiger partial charge on any atom is -0.302 e. The molecule has 25 heavy (non-hydrogen) atoms. The van der Waals surface area contributed by atoms with Gasteiger partial charge in [-0.3, -0.25) is 0 Å². The third-order valence-electron chi connectivity index (χ3n) is 4.80. The van der Waals surface area contributed by atoms with Gasteiger partial charge >= 0.3 is 0 Å². The summed E-state index contributed by atoms with van der Waals surface area (Å²) in [5.74, 6) is 0. The standard InChI is InChI=1S/C21H28N2.2ClH/c1-3-8-20(9-4-1)12-16-22-14-7-15-23(19-18-22)17-13-21-10-5-2-6-11-21;;/h1-6,8-11H,7,12-19H2;2*1H. The fourth-order valence-electron chi connectivity index (χ4n) is 3.34. The van der Waals surface area contributed by atoms with E-state index in [0.717, 1.165) is 0 Å². The van der Waals surface area contributed by atoms with Crippen molar-refractivity contribution in [2.24, 2.45) is 0 Å². The molecule has 1 aliphatic rings. The van der Waals surface area contributed by atoms with Crippen LogP contribution in [-0.2, 0) is 12.8 Å². The summed E-state index contributed by atoms with van der Waals surface area (Å²) in [6, 6.07) is 21.7. The molecule has 2 nitrogen and oxygen atoms in total. The second-order valence-corrected chi connectivity index (χ2v) is 6.51. The lowest BCUT2D eigenvalue weighted by atomic mass is 10.1. The van der Waals surface area contributed by atoms with Gasteiger partial charge in [-0.1, -0.05) is 60.7 Å². The van der Waals surface area contributed by atoms with Gasteiger partial charge in [-0.25, -0.2) is 0 Å². The number of hydrogen-bond acceptors (Lipinski definition) is 2. The predicted octanol–water partition coefficient (Wildman–Crippen LogP) is 4.32. The van der Waals surface area contributed by atoms with Crippen LogP contribution in [0.15, 0.2) is 60.7 Å². The number of hydrogen-bond donors (Lipinski definition) is 0. The number of nitrogens with zero attached hydrogens (tertiary/aromatic N) is 2. The summed E-state index contributed by atoms with van der Waals surface area (Å²) in [5.41, 5.74) is 2.91. The van der Waals surface area contributed by atoms with E-state index in [1.807, 2.05) is 0 Å². The molecular formula is C21H30Cl2N2. The zero-order valence-electron chi connectivity index (χ0n) is 14.8. The molecule has 0 N–H and O–H groups in total. The van der Waals surface area contributed by atoms with Crippen molar-refractivity contribution in [3.8, 4) is 0 Å². The van der Waals surface area contributed by atoms with Crippen molar-refractivity contribution in [3.63, 3.8) is 0 Å². The summed E-state index contributed by atoms with van der Waals surface area (Å²) in [6.07, 6.45) is 3.64. The van der Waals surface area contributed by atoms with Crippen LogP contribution in [-0.4, -0.2) is 49.1 Å². The highest BCUT2D eigenvalue weighted by Gasteiger charge is 2.14. The van der Waals surface area contributed by atoms with Gasteiger partial charge in [-0.2, -0.15) is 0 Å². The van der Waals surface area contributed by atoms with Crippen LogP contribution in [0.2, 0.25) is 0 Å². The first kappa shape index (κ1) is 22.0. The first-order valence-corrected chi connectivity index (χ1v) is 8.93. The van der Waals surface area contributed by atoms with Gasteiger partial charge in [0.15, 0.2) is 0 Å². The molecule has 1 heterocycles. The average Bonchev–Trinajstić information content (AvgIpc) is 2.85. The Kier molecular flexibility index (Phi) is 10.8. The highest BCUT2D eigenvalue weighted by Crippen LogP contribution is 2.08. The Morgan fingerprint density at radius 2 is 0.960 bits per heavy atom. The largest absolute Gasteiger partial charge is 0.302 e. The van der Waals surface area contributed by atoms with Crippen molar-refractivity contribution in [2.75, 3.05) is 39.3 Å². The monoisotopic (exact) mass is 380 g/mol. The first-order valence-electron chi connectivity index (χ1n) is 8.93. The topological polar surface area (TPSA) is 6.48 Å². The van der Waals surface area contributed by atoms with Gasteiger partial charge in [0.05, 0.1) is 0 Å². The van der Waals surface area contributed by atoms with Crippen LogP contribution in [0.25, 0.3) is 0 Å². The van der Waals surface area contributed by atoms with E-state index in [0.29, 0.717) is 0 Å². The quantitative estimate of drug-likeness (QED) is 0.735. The third-order valence-corrected chi connectivity index (χ3v) is 4.80. The van der Waals surface area contributed by atoms with Gasteiger partial charge in [0.25, 0.3) is 0 Å². The maximum absolute atomic E-state index is 2.63. The summed E-state index contributed by atoms with van der Waals surface area (Å²) in [5, 5.41) is 0. The normalized spacial score (nSPS) is 15.7. The van der Waals surface area contributed by atoms with Crippen molar-refractivity contribution in [1.29, 1.82) is 0 Å². The highest BCUT2D eigenvalue weighted by atomic mass is 35.5. The SMILES string of the molecule is Cl.Cl.c1ccc(CCN2CCCN(CCc3ccccc3)CC2)cc1. The highest BCUT2D eigenvalue weighted by molar-refractivity contribution is 5.85.